The fourth-order valence-corrected chi connectivity index (χ4v) is 3.31. The van der Waals surface area contributed by atoms with E-state index in [1.807, 2.05) is 0 Å². The topological polar surface area (TPSA) is 111 Å². The molecule has 2 N–H and O–H groups in total. The smallest absolute Gasteiger partial charge is 0.338 e. The zero-order valence-corrected chi connectivity index (χ0v) is 20.5. The minimum absolute atomic E-state index is 0.00830. The molecule has 0 aliphatic heterocycles. The van der Waals surface area contributed by atoms with Crippen molar-refractivity contribution in [3.05, 3.63) is 57.0 Å². The molecule has 0 saturated carbocycles. The van der Waals surface area contributed by atoms with Gasteiger partial charge in [0.15, 0.2) is 6.61 Å². The fraction of sp³-hybridized carbons (Fsp3) is 0.304. The van der Waals surface area contributed by atoms with Crippen molar-refractivity contribution in [1.29, 1.82) is 0 Å². The first-order valence-electron chi connectivity index (χ1n) is 10.2. The van der Waals surface area contributed by atoms with Gasteiger partial charge >= 0.3 is 11.9 Å². The standard InChI is InChI=1S/C23H24BrClN2O6/c1-3-32-23(31)15-7-9-16(10-8-15)26-19(28)5-4-6-21(30)33-13-20(29)27-18-12-11-17(24)22(25)14(18)2/h7-12H,3-6,13H2,1-2H3,(H,26,28)(H,27,29). The van der Waals surface area contributed by atoms with Gasteiger partial charge in [0.1, 0.15) is 0 Å². The third-order valence-electron chi connectivity index (χ3n) is 4.44. The SMILES string of the molecule is CCOC(=O)c1ccc(NC(=O)CCCC(=O)OCC(=O)Nc2ccc(Br)c(Cl)c2C)cc1. The highest BCUT2D eigenvalue weighted by Gasteiger charge is 2.13. The third-order valence-corrected chi connectivity index (χ3v) is 5.82. The molecule has 2 aromatic carbocycles. The Bertz CT molecular complexity index is 1030. The van der Waals surface area contributed by atoms with E-state index in [2.05, 4.69) is 26.6 Å². The molecule has 0 aliphatic carbocycles. The molecule has 0 aromatic heterocycles. The molecule has 0 bridgehead atoms. The number of nitrogens with one attached hydrogen (secondary N) is 2. The van der Waals surface area contributed by atoms with Crippen molar-refractivity contribution in [1.82, 2.24) is 0 Å². The van der Waals surface area contributed by atoms with Crippen LogP contribution in [0.25, 0.3) is 0 Å². The van der Waals surface area contributed by atoms with E-state index in [1.54, 1.807) is 50.2 Å². The summed E-state index contributed by atoms with van der Waals surface area (Å²) in [7, 11) is 0. The highest BCUT2D eigenvalue weighted by molar-refractivity contribution is 9.10. The first kappa shape index (κ1) is 26.3. The van der Waals surface area contributed by atoms with Gasteiger partial charge < -0.3 is 20.1 Å². The number of benzene rings is 2. The van der Waals surface area contributed by atoms with Crippen molar-refractivity contribution in [2.45, 2.75) is 33.1 Å². The molecule has 0 radical (unpaired) electrons. The summed E-state index contributed by atoms with van der Waals surface area (Å²) in [6.07, 6.45) is 0.345. The number of halogens is 2. The number of hydrogen-bond donors (Lipinski definition) is 2. The number of ether oxygens (including phenoxy) is 2. The fourth-order valence-electron chi connectivity index (χ4n) is 2.71. The molecule has 0 fully saturated rings. The number of esters is 2. The van der Waals surface area contributed by atoms with Crippen LogP contribution in [0.4, 0.5) is 11.4 Å². The number of carbonyl (C=O) groups excluding carboxylic acids is 4. The summed E-state index contributed by atoms with van der Waals surface area (Å²) in [5.41, 5.74) is 2.12. The Kier molecular flexibility index (Phi) is 10.3. The Morgan fingerprint density at radius 2 is 1.64 bits per heavy atom. The molecule has 0 heterocycles. The summed E-state index contributed by atoms with van der Waals surface area (Å²) in [5.74, 6) is -1.79. The minimum atomic E-state index is -0.581. The van der Waals surface area contributed by atoms with Crippen LogP contribution in [0, 0.1) is 6.92 Å². The molecular weight excluding hydrogens is 516 g/mol. The lowest BCUT2D eigenvalue weighted by Gasteiger charge is -2.11. The van der Waals surface area contributed by atoms with Crippen molar-refractivity contribution >= 4 is 62.7 Å². The van der Waals surface area contributed by atoms with Gasteiger partial charge in [-0.15, -0.1) is 0 Å². The number of rotatable bonds is 10. The van der Waals surface area contributed by atoms with Crippen molar-refractivity contribution in [3.63, 3.8) is 0 Å². The highest BCUT2D eigenvalue weighted by atomic mass is 79.9. The lowest BCUT2D eigenvalue weighted by Crippen LogP contribution is -2.21. The molecule has 2 aromatic rings. The number of hydrogen-bond acceptors (Lipinski definition) is 6. The quantitative estimate of drug-likeness (QED) is 0.417. The highest BCUT2D eigenvalue weighted by Crippen LogP contribution is 2.30. The summed E-state index contributed by atoms with van der Waals surface area (Å²) in [6.45, 7) is 3.32. The normalized spacial score (nSPS) is 10.3. The Hall–Kier alpha value is -2.91. The first-order chi connectivity index (χ1) is 15.7. The predicted molar refractivity (Wildman–Crippen MR) is 128 cm³/mol. The van der Waals surface area contributed by atoms with Crippen LogP contribution < -0.4 is 10.6 Å². The molecule has 0 spiro atoms. The molecule has 0 saturated heterocycles. The van der Waals surface area contributed by atoms with Crippen LogP contribution in [0.2, 0.25) is 5.02 Å². The maximum absolute atomic E-state index is 12.0. The molecule has 176 valence electrons. The summed E-state index contributed by atoms with van der Waals surface area (Å²) in [4.78, 5) is 47.5. The summed E-state index contributed by atoms with van der Waals surface area (Å²) in [5, 5.41) is 5.81. The van der Waals surface area contributed by atoms with Gasteiger partial charge in [-0.05, 0) is 78.2 Å². The third kappa shape index (κ3) is 8.51. The van der Waals surface area contributed by atoms with Crippen LogP contribution in [0.15, 0.2) is 40.9 Å². The van der Waals surface area contributed by atoms with Crippen molar-refractivity contribution in [2.24, 2.45) is 0 Å². The molecule has 10 heteroatoms. The van der Waals surface area contributed by atoms with Crippen molar-refractivity contribution in [3.8, 4) is 0 Å². The Morgan fingerprint density at radius 3 is 2.30 bits per heavy atom. The van der Waals surface area contributed by atoms with Crippen molar-refractivity contribution in [2.75, 3.05) is 23.8 Å². The summed E-state index contributed by atoms with van der Waals surface area (Å²) < 4.78 is 10.6. The van der Waals surface area contributed by atoms with Crippen LogP contribution >= 0.6 is 27.5 Å². The van der Waals surface area contributed by atoms with E-state index in [9.17, 15) is 19.2 Å². The second-order valence-corrected chi connectivity index (χ2v) is 8.17. The van der Waals surface area contributed by atoms with Gasteiger partial charge in [0.2, 0.25) is 5.91 Å². The molecule has 2 rings (SSSR count). The lowest BCUT2D eigenvalue weighted by molar-refractivity contribution is -0.147. The Morgan fingerprint density at radius 1 is 0.939 bits per heavy atom. The number of anilines is 2. The first-order valence-corrected chi connectivity index (χ1v) is 11.4. The van der Waals surface area contributed by atoms with Crippen LogP contribution in [-0.2, 0) is 23.9 Å². The molecule has 8 nitrogen and oxygen atoms in total. The number of amides is 2. The van der Waals surface area contributed by atoms with E-state index in [0.29, 0.717) is 32.0 Å². The van der Waals surface area contributed by atoms with Crippen LogP contribution in [0.3, 0.4) is 0 Å². The molecule has 0 unspecified atom stereocenters. The monoisotopic (exact) mass is 538 g/mol. The van der Waals surface area contributed by atoms with Crippen molar-refractivity contribution < 1.29 is 28.7 Å². The van der Waals surface area contributed by atoms with Gasteiger partial charge in [-0.1, -0.05) is 11.6 Å². The second-order valence-electron chi connectivity index (χ2n) is 6.94. The van der Waals surface area contributed by atoms with Gasteiger partial charge in [0.05, 0.1) is 17.2 Å². The van der Waals surface area contributed by atoms with Gasteiger partial charge in [-0.25, -0.2) is 4.79 Å². The molecule has 0 atom stereocenters. The Labute approximate surface area is 205 Å². The largest absolute Gasteiger partial charge is 0.462 e. The van der Waals surface area contributed by atoms with E-state index < -0.39 is 24.5 Å². The van der Waals surface area contributed by atoms with E-state index in [0.717, 1.165) is 0 Å². The zero-order valence-electron chi connectivity index (χ0n) is 18.2. The van der Waals surface area contributed by atoms with Gasteiger partial charge in [0.25, 0.3) is 5.91 Å². The summed E-state index contributed by atoms with van der Waals surface area (Å²) in [6, 6.07) is 9.69. The van der Waals surface area contributed by atoms with Crippen LogP contribution in [0.5, 0.6) is 0 Å². The average molecular weight is 540 g/mol. The van der Waals surface area contributed by atoms with E-state index in [1.165, 1.54) is 0 Å². The molecule has 33 heavy (non-hydrogen) atoms. The molecule has 2 amide bonds. The maximum Gasteiger partial charge on any atom is 0.338 e. The molecule has 0 aliphatic rings. The average Bonchev–Trinajstić information content (AvgIpc) is 2.78. The van der Waals surface area contributed by atoms with Gasteiger partial charge in [0, 0.05) is 28.7 Å². The van der Waals surface area contributed by atoms with E-state index >= 15 is 0 Å². The van der Waals surface area contributed by atoms with Gasteiger partial charge in [-0.2, -0.15) is 0 Å². The minimum Gasteiger partial charge on any atom is -0.462 e. The van der Waals surface area contributed by atoms with E-state index in [4.69, 9.17) is 21.1 Å². The van der Waals surface area contributed by atoms with Gasteiger partial charge in [-0.3, -0.25) is 14.4 Å². The predicted octanol–water partition coefficient (Wildman–Crippen LogP) is 4.88. The van der Waals surface area contributed by atoms with E-state index in [-0.39, 0.29) is 31.8 Å². The zero-order chi connectivity index (χ0) is 24.4. The van der Waals surface area contributed by atoms with Crippen LogP contribution in [-0.4, -0.2) is 37.0 Å². The Balaban J connectivity index is 1.68. The lowest BCUT2D eigenvalue weighted by atomic mass is 10.2. The number of carbonyl (C=O) groups is 4. The second kappa shape index (κ2) is 13.0. The maximum atomic E-state index is 12.0. The molecular formula is C23H24BrClN2O6. The van der Waals surface area contributed by atoms with Crippen LogP contribution in [0.1, 0.15) is 42.1 Å². The summed E-state index contributed by atoms with van der Waals surface area (Å²) >= 11 is 9.43.